The van der Waals surface area contributed by atoms with E-state index in [0.29, 0.717) is 0 Å². The van der Waals surface area contributed by atoms with Gasteiger partial charge in [-0.3, -0.25) is 0 Å². The zero-order chi connectivity index (χ0) is 23.3. The quantitative estimate of drug-likeness (QED) is 0.270. The van der Waals surface area contributed by atoms with Crippen molar-refractivity contribution in [3.63, 3.8) is 0 Å². The minimum atomic E-state index is -2.45. The normalized spacial score (nSPS) is 19.1. The van der Waals surface area contributed by atoms with Crippen LogP contribution in [0.2, 0.25) is 13.1 Å². The highest BCUT2D eigenvalue weighted by molar-refractivity contribution is 7.07. The second-order valence-electron chi connectivity index (χ2n) is 9.87. The molecule has 1 heterocycles. The van der Waals surface area contributed by atoms with Gasteiger partial charge in [0, 0.05) is 0 Å². The molecule has 1 saturated heterocycles. The maximum Gasteiger partial charge on any atom is 0.286 e. The Morgan fingerprint density at radius 3 is 1.76 bits per heavy atom. The predicted molar refractivity (Wildman–Crippen MR) is 148 cm³/mol. The van der Waals surface area contributed by atoms with Crippen molar-refractivity contribution in [3.05, 3.63) is 101 Å². The number of unbranched alkanes of at least 4 members (excludes halogenated alkanes) is 3. The molecular formula is C30H38OSi2. The van der Waals surface area contributed by atoms with Gasteiger partial charge in [0.2, 0.25) is 0 Å². The monoisotopic (exact) mass is 470 g/mol. The molecule has 0 bridgehead atoms. The molecule has 3 aromatic rings. The number of allylic oxidation sites excluding steroid dienone is 1. The summed E-state index contributed by atoms with van der Waals surface area (Å²) in [6.45, 7) is 9.70. The molecule has 33 heavy (non-hydrogen) atoms. The summed E-state index contributed by atoms with van der Waals surface area (Å²) in [6.07, 6.45) is 6.57. The van der Waals surface area contributed by atoms with Crippen LogP contribution in [0.4, 0.5) is 0 Å². The highest BCUT2D eigenvalue weighted by atomic mass is 28.4. The lowest BCUT2D eigenvalue weighted by molar-refractivity contribution is 0.212. The maximum atomic E-state index is 6.95. The average Bonchev–Trinajstić information content (AvgIpc) is 2.85. The second kappa shape index (κ2) is 10.4. The average molecular weight is 471 g/mol. The minimum Gasteiger partial charge on any atom is -0.398 e. The highest BCUT2D eigenvalue weighted by Crippen LogP contribution is 2.41. The van der Waals surface area contributed by atoms with Gasteiger partial charge in [0.1, 0.15) is 8.07 Å². The summed E-state index contributed by atoms with van der Waals surface area (Å²) >= 11 is 0. The third-order valence-corrected chi connectivity index (χ3v) is 15.9. The molecule has 1 unspecified atom stereocenters. The Hall–Kier alpha value is -2.21. The van der Waals surface area contributed by atoms with Gasteiger partial charge in [0.25, 0.3) is 8.32 Å². The van der Waals surface area contributed by atoms with E-state index in [0.717, 1.165) is 0 Å². The van der Waals surface area contributed by atoms with Crippen molar-refractivity contribution in [1.82, 2.24) is 0 Å². The fourth-order valence-electron chi connectivity index (χ4n) is 5.57. The fraction of sp³-hybridized carbons (Fsp3) is 0.333. The summed E-state index contributed by atoms with van der Waals surface area (Å²) in [6, 6.07) is 33.4. The fourth-order valence-corrected chi connectivity index (χ4v) is 14.4. The summed E-state index contributed by atoms with van der Waals surface area (Å²) in [7, 11) is -4.31. The molecule has 1 atom stereocenters. The second-order valence-corrected chi connectivity index (χ2v) is 17.6. The summed E-state index contributed by atoms with van der Waals surface area (Å²) in [5, 5.41) is 7.69. The molecule has 0 saturated carbocycles. The topological polar surface area (TPSA) is 9.23 Å². The maximum absolute atomic E-state index is 6.95. The van der Waals surface area contributed by atoms with Crippen LogP contribution in [0.5, 0.6) is 0 Å². The number of rotatable bonds is 9. The van der Waals surface area contributed by atoms with Crippen LogP contribution in [-0.4, -0.2) is 22.5 Å². The Morgan fingerprint density at radius 2 is 1.27 bits per heavy atom. The van der Waals surface area contributed by atoms with Gasteiger partial charge in [0.15, 0.2) is 0 Å². The van der Waals surface area contributed by atoms with E-state index in [2.05, 4.69) is 118 Å². The van der Waals surface area contributed by atoms with Gasteiger partial charge < -0.3 is 4.43 Å². The van der Waals surface area contributed by atoms with E-state index in [1.165, 1.54) is 47.7 Å². The Labute approximate surface area is 202 Å². The van der Waals surface area contributed by atoms with Crippen molar-refractivity contribution in [2.75, 3.05) is 0 Å². The largest absolute Gasteiger partial charge is 0.398 e. The van der Waals surface area contributed by atoms with Crippen molar-refractivity contribution in [3.8, 4) is 0 Å². The third kappa shape index (κ3) is 4.59. The zero-order valence-electron chi connectivity index (χ0n) is 20.7. The van der Waals surface area contributed by atoms with Gasteiger partial charge in [-0.25, -0.2) is 0 Å². The summed E-state index contributed by atoms with van der Waals surface area (Å²) < 4.78 is 6.95. The lowest BCUT2D eigenvalue weighted by Crippen LogP contribution is -2.74. The Balaban J connectivity index is 1.93. The van der Waals surface area contributed by atoms with Crippen LogP contribution >= 0.6 is 0 Å². The molecular weight excluding hydrogens is 433 g/mol. The highest BCUT2D eigenvalue weighted by Gasteiger charge is 2.57. The van der Waals surface area contributed by atoms with Crippen molar-refractivity contribution in [1.29, 1.82) is 0 Å². The molecule has 3 heteroatoms. The zero-order valence-corrected chi connectivity index (χ0v) is 22.7. The molecule has 0 amide bonds. The Morgan fingerprint density at radius 1 is 0.758 bits per heavy atom. The number of hydrogen-bond donors (Lipinski definition) is 0. The molecule has 0 aromatic heterocycles. The van der Waals surface area contributed by atoms with E-state index in [4.69, 9.17) is 4.43 Å². The van der Waals surface area contributed by atoms with E-state index in [9.17, 15) is 0 Å². The first-order valence-corrected chi connectivity index (χ1v) is 17.5. The van der Waals surface area contributed by atoms with Gasteiger partial charge in [0.05, 0.1) is 6.10 Å². The molecule has 0 N–H and O–H groups in total. The molecule has 3 aromatic carbocycles. The Kier molecular flexibility index (Phi) is 7.53. The van der Waals surface area contributed by atoms with Crippen LogP contribution in [0.25, 0.3) is 0 Å². The lowest BCUT2D eigenvalue weighted by atomic mass is 10.1. The van der Waals surface area contributed by atoms with Crippen molar-refractivity contribution in [2.24, 2.45) is 0 Å². The molecule has 1 nitrogen and oxygen atoms in total. The summed E-state index contributed by atoms with van der Waals surface area (Å²) in [4.78, 5) is 0. The minimum absolute atomic E-state index is 0.189. The molecule has 1 aliphatic heterocycles. The molecule has 4 rings (SSSR count). The molecule has 1 fully saturated rings. The number of benzene rings is 3. The van der Waals surface area contributed by atoms with Crippen molar-refractivity contribution in [2.45, 2.75) is 65.1 Å². The smallest absolute Gasteiger partial charge is 0.286 e. The van der Waals surface area contributed by atoms with E-state index in [1.807, 2.05) is 0 Å². The van der Waals surface area contributed by atoms with E-state index >= 15 is 0 Å². The Bertz CT molecular complexity index is 1020. The van der Waals surface area contributed by atoms with Crippen LogP contribution in [0.3, 0.4) is 0 Å². The molecule has 172 valence electrons. The van der Waals surface area contributed by atoms with E-state index in [1.54, 1.807) is 10.4 Å². The van der Waals surface area contributed by atoms with Crippen LogP contribution < -0.4 is 15.6 Å². The van der Waals surface area contributed by atoms with Gasteiger partial charge in [-0.05, 0) is 35.3 Å². The predicted octanol–water partition coefficient (Wildman–Crippen LogP) is 6.13. The first-order chi connectivity index (χ1) is 16.0. The van der Waals surface area contributed by atoms with E-state index < -0.39 is 16.4 Å². The molecule has 0 aliphatic carbocycles. The summed E-state index contributed by atoms with van der Waals surface area (Å²) in [5.41, 5.74) is 0. The van der Waals surface area contributed by atoms with Gasteiger partial charge >= 0.3 is 0 Å². The van der Waals surface area contributed by atoms with Crippen LogP contribution in [0.15, 0.2) is 101 Å². The standard InChI is InChI=1S/C30H38OSi2/c1-5-6-7-17-24-29(32(3,4)26-18-11-8-12-19-26)30-25(2)31-33(30,27-20-13-9-14-21-27)28-22-15-10-16-23-28/h8-16,18-23,25H,5-7,17,24H2,1-4H3/b30-29-. The van der Waals surface area contributed by atoms with Crippen molar-refractivity contribution >= 4 is 32.0 Å². The van der Waals surface area contributed by atoms with Gasteiger partial charge in [-0.1, -0.05) is 141 Å². The number of hydrogen-bond acceptors (Lipinski definition) is 1. The molecule has 0 spiro atoms. The van der Waals surface area contributed by atoms with Crippen LogP contribution in [-0.2, 0) is 4.43 Å². The van der Waals surface area contributed by atoms with Crippen LogP contribution in [0, 0.1) is 0 Å². The summed E-state index contributed by atoms with van der Waals surface area (Å²) in [5.74, 6) is 0. The third-order valence-electron chi connectivity index (χ3n) is 7.36. The first-order valence-electron chi connectivity index (χ1n) is 12.6. The first kappa shape index (κ1) is 23.9. The van der Waals surface area contributed by atoms with Gasteiger partial charge in [-0.2, -0.15) is 0 Å². The molecule has 1 aliphatic rings. The SMILES string of the molecule is CCCCCC/C(=C1\C(C)O[Si]1(c1ccccc1)c1ccccc1)[Si](C)(C)c1ccccc1. The van der Waals surface area contributed by atoms with Gasteiger partial charge in [-0.15, -0.1) is 0 Å². The van der Waals surface area contributed by atoms with E-state index in [-0.39, 0.29) is 6.10 Å². The molecule has 0 radical (unpaired) electrons. The van der Waals surface area contributed by atoms with Crippen LogP contribution in [0.1, 0.15) is 46.0 Å². The lowest BCUT2D eigenvalue weighted by Gasteiger charge is -2.51. The van der Waals surface area contributed by atoms with Crippen molar-refractivity contribution < 1.29 is 4.43 Å².